The fourth-order valence-corrected chi connectivity index (χ4v) is 3.26. The van der Waals surface area contributed by atoms with Crippen molar-refractivity contribution in [3.05, 3.63) is 5.01 Å². The smallest absolute Gasteiger partial charge is 0.285 e. The normalized spacial score (nSPS) is 23.4. The Kier molecular flexibility index (Phi) is 4.74. The lowest BCUT2D eigenvalue weighted by molar-refractivity contribution is 0.0509. The maximum absolute atomic E-state index is 12.5. The molecule has 0 radical (unpaired) electrons. The first-order valence-electron chi connectivity index (χ1n) is 7.03. The second kappa shape index (κ2) is 6.32. The molecule has 0 bridgehead atoms. The van der Waals surface area contributed by atoms with Gasteiger partial charge in [-0.05, 0) is 39.5 Å². The second-order valence-electron chi connectivity index (χ2n) is 5.18. The standard InChI is InChI=1S/C13H22N4OS/c1-4-8-14-13-16-15-11(19-13)12(18)17-9(2)6-5-7-10(17)3/h9-10H,4-8H2,1-3H3,(H,14,16). The quantitative estimate of drug-likeness (QED) is 0.922. The molecule has 0 aromatic carbocycles. The number of hydrogen-bond acceptors (Lipinski definition) is 5. The molecule has 1 aliphatic heterocycles. The van der Waals surface area contributed by atoms with Gasteiger partial charge in [-0.3, -0.25) is 4.79 Å². The van der Waals surface area contributed by atoms with E-state index in [2.05, 4.69) is 36.3 Å². The van der Waals surface area contributed by atoms with Gasteiger partial charge in [0.25, 0.3) is 5.91 Å². The number of nitrogens with zero attached hydrogens (tertiary/aromatic N) is 3. The van der Waals surface area contributed by atoms with Gasteiger partial charge in [-0.15, -0.1) is 10.2 Å². The number of aromatic nitrogens is 2. The fourth-order valence-electron chi connectivity index (χ4n) is 2.55. The highest BCUT2D eigenvalue weighted by molar-refractivity contribution is 7.17. The zero-order valence-corrected chi connectivity index (χ0v) is 12.7. The van der Waals surface area contributed by atoms with Crippen LogP contribution in [0.1, 0.15) is 56.3 Å². The Bertz CT molecular complexity index is 424. The molecule has 0 saturated carbocycles. The summed E-state index contributed by atoms with van der Waals surface area (Å²) in [5, 5.41) is 12.5. The highest BCUT2D eigenvalue weighted by Crippen LogP contribution is 2.26. The minimum atomic E-state index is 0.0294. The Morgan fingerprint density at radius 2 is 2.05 bits per heavy atom. The van der Waals surface area contributed by atoms with Gasteiger partial charge in [0.05, 0.1) is 0 Å². The van der Waals surface area contributed by atoms with Crippen LogP contribution in [0.15, 0.2) is 0 Å². The number of piperidine rings is 1. The van der Waals surface area contributed by atoms with E-state index in [1.54, 1.807) is 0 Å². The van der Waals surface area contributed by atoms with Crippen LogP contribution in [-0.2, 0) is 0 Å². The molecular weight excluding hydrogens is 260 g/mol. The van der Waals surface area contributed by atoms with Crippen molar-refractivity contribution in [1.82, 2.24) is 15.1 Å². The maximum atomic E-state index is 12.5. The Morgan fingerprint density at radius 1 is 1.37 bits per heavy atom. The average molecular weight is 282 g/mol. The predicted molar refractivity (Wildman–Crippen MR) is 77.6 cm³/mol. The van der Waals surface area contributed by atoms with Crippen molar-refractivity contribution in [3.63, 3.8) is 0 Å². The van der Waals surface area contributed by atoms with E-state index in [1.165, 1.54) is 17.8 Å². The molecule has 2 heterocycles. The van der Waals surface area contributed by atoms with Crippen LogP contribution in [-0.4, -0.2) is 39.6 Å². The third kappa shape index (κ3) is 3.23. The van der Waals surface area contributed by atoms with Crippen molar-refractivity contribution < 1.29 is 4.79 Å². The monoisotopic (exact) mass is 282 g/mol. The number of carbonyl (C=O) groups excluding carboxylic acids is 1. The molecule has 0 spiro atoms. The molecule has 1 N–H and O–H groups in total. The highest BCUT2D eigenvalue weighted by atomic mass is 32.1. The van der Waals surface area contributed by atoms with Gasteiger partial charge >= 0.3 is 0 Å². The first-order chi connectivity index (χ1) is 9.13. The molecule has 2 unspecified atom stereocenters. The number of rotatable bonds is 4. The van der Waals surface area contributed by atoms with E-state index >= 15 is 0 Å². The van der Waals surface area contributed by atoms with Crippen LogP contribution < -0.4 is 5.32 Å². The lowest BCUT2D eigenvalue weighted by atomic mass is 9.97. The molecule has 1 saturated heterocycles. The van der Waals surface area contributed by atoms with Crippen LogP contribution in [0.5, 0.6) is 0 Å². The Labute approximate surface area is 118 Å². The lowest BCUT2D eigenvalue weighted by Crippen LogP contribution is -2.47. The summed E-state index contributed by atoms with van der Waals surface area (Å²) in [6, 6.07) is 0.597. The third-order valence-electron chi connectivity index (χ3n) is 3.56. The summed E-state index contributed by atoms with van der Waals surface area (Å²) >= 11 is 1.35. The van der Waals surface area contributed by atoms with Crippen LogP contribution in [0.2, 0.25) is 0 Å². The molecule has 106 valence electrons. The summed E-state index contributed by atoms with van der Waals surface area (Å²) in [5.41, 5.74) is 0. The molecule has 19 heavy (non-hydrogen) atoms. The van der Waals surface area contributed by atoms with Crippen molar-refractivity contribution in [1.29, 1.82) is 0 Å². The number of amides is 1. The Balaban J connectivity index is 2.07. The average Bonchev–Trinajstić information content (AvgIpc) is 2.84. The Morgan fingerprint density at radius 3 is 2.68 bits per heavy atom. The zero-order chi connectivity index (χ0) is 13.8. The largest absolute Gasteiger partial charge is 0.360 e. The van der Waals surface area contributed by atoms with Crippen molar-refractivity contribution >= 4 is 22.4 Å². The summed E-state index contributed by atoms with van der Waals surface area (Å²) in [6.45, 7) is 7.19. The van der Waals surface area contributed by atoms with Gasteiger partial charge in [-0.2, -0.15) is 0 Å². The van der Waals surface area contributed by atoms with Crippen molar-refractivity contribution in [2.24, 2.45) is 0 Å². The molecular formula is C13H22N4OS. The SMILES string of the molecule is CCCNc1nnc(C(=O)N2C(C)CCCC2C)s1. The molecule has 6 heteroatoms. The molecule has 1 aromatic heterocycles. The van der Waals surface area contributed by atoms with Crippen LogP contribution in [0.3, 0.4) is 0 Å². The third-order valence-corrected chi connectivity index (χ3v) is 4.43. The van der Waals surface area contributed by atoms with Crippen LogP contribution in [0.4, 0.5) is 5.13 Å². The summed E-state index contributed by atoms with van der Waals surface area (Å²) in [6.07, 6.45) is 4.39. The van der Waals surface area contributed by atoms with E-state index in [0.717, 1.165) is 30.9 Å². The van der Waals surface area contributed by atoms with Gasteiger partial charge in [-0.25, -0.2) is 0 Å². The Hall–Kier alpha value is -1.17. The molecule has 1 aliphatic rings. The van der Waals surface area contributed by atoms with Gasteiger partial charge < -0.3 is 10.2 Å². The second-order valence-corrected chi connectivity index (χ2v) is 6.16. The first kappa shape index (κ1) is 14.2. The minimum absolute atomic E-state index is 0.0294. The lowest BCUT2D eigenvalue weighted by Gasteiger charge is -2.38. The number of carbonyl (C=O) groups is 1. The van der Waals surface area contributed by atoms with Gasteiger partial charge in [0.2, 0.25) is 10.1 Å². The minimum Gasteiger partial charge on any atom is -0.360 e. The summed E-state index contributed by atoms with van der Waals surface area (Å²) < 4.78 is 0. The van der Waals surface area contributed by atoms with Gasteiger partial charge in [-0.1, -0.05) is 18.3 Å². The van der Waals surface area contributed by atoms with E-state index in [0.29, 0.717) is 17.1 Å². The van der Waals surface area contributed by atoms with Crippen molar-refractivity contribution in [2.75, 3.05) is 11.9 Å². The van der Waals surface area contributed by atoms with E-state index in [9.17, 15) is 4.79 Å². The molecule has 1 amide bonds. The predicted octanol–water partition coefficient (Wildman–Crippen LogP) is 2.76. The number of anilines is 1. The topological polar surface area (TPSA) is 58.1 Å². The first-order valence-corrected chi connectivity index (χ1v) is 7.85. The fraction of sp³-hybridized carbons (Fsp3) is 0.769. The maximum Gasteiger partial charge on any atom is 0.285 e. The molecule has 5 nitrogen and oxygen atoms in total. The molecule has 1 aromatic rings. The van der Waals surface area contributed by atoms with Crippen LogP contribution in [0.25, 0.3) is 0 Å². The van der Waals surface area contributed by atoms with Crippen LogP contribution >= 0.6 is 11.3 Å². The van der Waals surface area contributed by atoms with E-state index < -0.39 is 0 Å². The summed E-state index contributed by atoms with van der Waals surface area (Å²) in [5.74, 6) is 0.0294. The van der Waals surface area contributed by atoms with E-state index in [4.69, 9.17) is 0 Å². The number of hydrogen-bond donors (Lipinski definition) is 1. The van der Waals surface area contributed by atoms with Crippen molar-refractivity contribution in [2.45, 2.75) is 58.5 Å². The van der Waals surface area contributed by atoms with Gasteiger partial charge in [0.1, 0.15) is 0 Å². The summed E-state index contributed by atoms with van der Waals surface area (Å²) in [7, 11) is 0. The van der Waals surface area contributed by atoms with Crippen LogP contribution in [0, 0.1) is 0 Å². The van der Waals surface area contributed by atoms with E-state index in [1.807, 2.05) is 4.90 Å². The molecule has 2 atom stereocenters. The highest BCUT2D eigenvalue weighted by Gasteiger charge is 2.31. The molecule has 2 rings (SSSR count). The number of nitrogens with one attached hydrogen (secondary N) is 1. The molecule has 1 fully saturated rings. The van der Waals surface area contributed by atoms with E-state index in [-0.39, 0.29) is 5.91 Å². The summed E-state index contributed by atoms with van der Waals surface area (Å²) in [4.78, 5) is 14.5. The molecule has 0 aliphatic carbocycles. The zero-order valence-electron chi connectivity index (χ0n) is 11.8. The van der Waals surface area contributed by atoms with Crippen molar-refractivity contribution in [3.8, 4) is 0 Å². The van der Waals surface area contributed by atoms with Gasteiger partial charge in [0.15, 0.2) is 0 Å². The van der Waals surface area contributed by atoms with Gasteiger partial charge in [0, 0.05) is 18.6 Å². The number of likely N-dealkylation sites (tertiary alicyclic amines) is 1.